The zero-order chi connectivity index (χ0) is 48.3. The molecule has 4 aliphatic rings. The van der Waals surface area contributed by atoms with Gasteiger partial charge in [-0.2, -0.15) is 4.98 Å². The highest BCUT2D eigenvalue weighted by Gasteiger charge is 2.64. The number of aromatic nitrogens is 3. The molecule has 17 heteroatoms. The number of rotatable bonds is 5. The van der Waals surface area contributed by atoms with Crippen LogP contribution in [-0.4, -0.2) is 92.3 Å². The predicted octanol–water partition coefficient (Wildman–Crippen LogP) is 8.56. The number of amides is 4. The Hall–Kier alpha value is -4.25. The van der Waals surface area contributed by atoms with Crippen LogP contribution in [-0.2, 0) is 35.6 Å². The minimum absolute atomic E-state index is 0.0350. The number of benzene rings is 1. The van der Waals surface area contributed by atoms with E-state index < -0.39 is 73.3 Å². The molecule has 3 fully saturated rings. The first-order chi connectivity index (χ1) is 30.8. The molecular formula is C49H73N7O8S2. The monoisotopic (exact) mass is 951 g/mol. The number of para-hydroxylation sites is 1. The Labute approximate surface area is 395 Å². The van der Waals surface area contributed by atoms with Gasteiger partial charge in [-0.3, -0.25) is 23.7 Å². The molecule has 7 rings (SSSR count). The third-order valence-corrected chi connectivity index (χ3v) is 17.2. The second-order valence-corrected chi connectivity index (χ2v) is 25.4. The third-order valence-electron chi connectivity index (χ3n) is 13.9. The Morgan fingerprint density at radius 3 is 2.35 bits per heavy atom. The summed E-state index contributed by atoms with van der Waals surface area (Å²) >= 11 is 1.70. The van der Waals surface area contributed by atoms with Gasteiger partial charge in [-0.1, -0.05) is 80.2 Å². The van der Waals surface area contributed by atoms with Gasteiger partial charge in [0.1, 0.15) is 39.9 Å². The van der Waals surface area contributed by atoms with E-state index in [4.69, 9.17) is 19.4 Å². The van der Waals surface area contributed by atoms with Crippen molar-refractivity contribution in [1.82, 2.24) is 34.8 Å². The van der Waals surface area contributed by atoms with Crippen LogP contribution in [0.15, 0.2) is 18.2 Å². The van der Waals surface area contributed by atoms with Gasteiger partial charge in [0.25, 0.3) is 11.9 Å². The van der Waals surface area contributed by atoms with Crippen molar-refractivity contribution in [2.75, 3.05) is 6.54 Å². The summed E-state index contributed by atoms with van der Waals surface area (Å²) < 4.78 is 44.1. The number of imidazole rings is 1. The molecule has 2 saturated carbocycles. The number of sulfonamides is 1. The van der Waals surface area contributed by atoms with E-state index in [1.54, 1.807) is 32.1 Å². The fraction of sp³-hybridized carbons (Fsp3) is 0.714. The van der Waals surface area contributed by atoms with Crippen LogP contribution in [0.25, 0.3) is 21.6 Å². The van der Waals surface area contributed by atoms with Gasteiger partial charge in [0.05, 0.1) is 22.5 Å². The van der Waals surface area contributed by atoms with Gasteiger partial charge in [0.2, 0.25) is 21.8 Å². The zero-order valence-electron chi connectivity index (χ0n) is 41.1. The van der Waals surface area contributed by atoms with Crippen molar-refractivity contribution in [3.8, 4) is 16.6 Å². The van der Waals surface area contributed by atoms with Crippen LogP contribution in [0.1, 0.15) is 170 Å². The fourth-order valence-corrected chi connectivity index (χ4v) is 13.1. The lowest BCUT2D eigenvalue weighted by molar-refractivity contribution is -0.143. The number of likely N-dealkylation sites (tertiary alicyclic amines) is 1. The van der Waals surface area contributed by atoms with Crippen LogP contribution in [0, 0.1) is 17.3 Å². The number of ether oxygens (including phenoxy) is 2. The summed E-state index contributed by atoms with van der Waals surface area (Å²) in [7, 11) is -4.09. The van der Waals surface area contributed by atoms with Crippen molar-refractivity contribution < 1.29 is 37.1 Å². The number of hydrogen-bond donors (Lipinski definition) is 3. The molecule has 2 aromatic heterocycles. The maximum atomic E-state index is 14.9. The standard InChI is InChI=1S/C49H73N7O8S2/c1-13-31-26-49(31)43(59)54-66(61,62)48(22-23-48)25-30(6)18-15-14-16-21-36-37(28(2)3)50-41(65-36)33-19-17-20-34-38(33)51-44(56(34)29(4)5)63-32-24-35(40(57)53-49)55(27-32)42(58)39(46(7,8)9)52-45(60)64-47(10,11)12/h17,19-20,28-32,35,39H,13-16,18,21-27H2,1-12H3,(H,52,60)(H,53,57)(H,54,59). The van der Waals surface area contributed by atoms with Gasteiger partial charge in [-0.05, 0) is 108 Å². The van der Waals surface area contributed by atoms with Crippen molar-refractivity contribution >= 4 is 56.2 Å². The van der Waals surface area contributed by atoms with E-state index in [2.05, 4.69) is 36.1 Å². The quantitative estimate of drug-likeness (QED) is 0.223. The molecule has 4 amide bonds. The average Bonchev–Trinajstić information content (AvgIpc) is 3.96. The average molecular weight is 952 g/mol. The van der Waals surface area contributed by atoms with E-state index in [1.807, 2.05) is 64.3 Å². The van der Waals surface area contributed by atoms with Gasteiger partial charge in [-0.25, -0.2) is 18.2 Å². The van der Waals surface area contributed by atoms with Crippen LogP contribution < -0.4 is 20.1 Å². The number of hydrogen-bond acceptors (Lipinski definition) is 11. The molecule has 2 aliphatic heterocycles. The third kappa shape index (κ3) is 10.1. The maximum Gasteiger partial charge on any atom is 0.408 e. The molecule has 6 unspecified atom stereocenters. The van der Waals surface area contributed by atoms with Gasteiger partial charge in [0.15, 0.2) is 0 Å². The van der Waals surface area contributed by atoms with E-state index in [1.165, 1.54) is 9.78 Å². The molecule has 364 valence electrons. The molecule has 2 aliphatic carbocycles. The number of thiazole rings is 1. The van der Waals surface area contributed by atoms with E-state index in [0.29, 0.717) is 31.7 Å². The van der Waals surface area contributed by atoms with Crippen molar-refractivity contribution in [3.05, 3.63) is 28.8 Å². The molecule has 3 N–H and O–H groups in total. The first-order valence-electron chi connectivity index (χ1n) is 24.2. The van der Waals surface area contributed by atoms with E-state index >= 15 is 0 Å². The minimum atomic E-state index is -4.09. The highest BCUT2D eigenvalue weighted by Crippen LogP contribution is 2.51. The van der Waals surface area contributed by atoms with Crippen LogP contribution >= 0.6 is 11.3 Å². The van der Waals surface area contributed by atoms with Crippen molar-refractivity contribution in [2.24, 2.45) is 17.3 Å². The number of carbonyl (C=O) groups is 4. The summed E-state index contributed by atoms with van der Waals surface area (Å²) in [6, 6.07) is 4.05. The SMILES string of the molecule is CCC1CC12NC(=O)C1CC(CN1C(=O)C(NC(=O)OC(C)(C)C)C(C)(C)C)Oc1nc3c(cccc3n1C(C)C)-c1nc(C(C)C)c(s1)CCCCCC(C)CC1(CC1)S(=O)(=O)NC2=O. The van der Waals surface area contributed by atoms with Crippen molar-refractivity contribution in [3.63, 3.8) is 0 Å². The number of carbonyl (C=O) groups excluding carboxylic acids is 4. The molecule has 3 aromatic rings. The number of alkyl carbamates (subject to hydrolysis) is 1. The number of nitrogens with zero attached hydrogens (tertiary/aromatic N) is 4. The molecule has 6 bridgehead atoms. The normalized spacial score (nSPS) is 26.4. The molecule has 1 saturated heterocycles. The van der Waals surface area contributed by atoms with Crippen molar-refractivity contribution in [2.45, 2.75) is 200 Å². The van der Waals surface area contributed by atoms with Gasteiger partial charge < -0.3 is 25.0 Å². The molecule has 15 nitrogen and oxygen atoms in total. The van der Waals surface area contributed by atoms with Crippen molar-refractivity contribution in [1.29, 1.82) is 0 Å². The predicted molar refractivity (Wildman–Crippen MR) is 257 cm³/mol. The van der Waals surface area contributed by atoms with Gasteiger partial charge in [-0.15, -0.1) is 11.3 Å². The first-order valence-corrected chi connectivity index (χ1v) is 26.5. The first kappa shape index (κ1) is 49.6. The number of fused-ring (bicyclic) bond motifs is 6. The Balaban J connectivity index is 1.30. The topological polar surface area (TPSA) is 191 Å². The summed E-state index contributed by atoms with van der Waals surface area (Å²) in [6.45, 7) is 23.0. The molecule has 2 spiro atoms. The zero-order valence-corrected chi connectivity index (χ0v) is 42.8. The van der Waals surface area contributed by atoms with E-state index in [9.17, 15) is 27.6 Å². The summed E-state index contributed by atoms with van der Waals surface area (Å²) in [5.41, 5.74) is 0.443. The van der Waals surface area contributed by atoms with E-state index in [0.717, 1.165) is 59.4 Å². The Morgan fingerprint density at radius 1 is 1.03 bits per heavy atom. The van der Waals surface area contributed by atoms with Crippen LogP contribution in [0.4, 0.5) is 4.79 Å². The molecule has 1 aromatic carbocycles. The lowest BCUT2D eigenvalue weighted by atomic mass is 9.85. The molecule has 6 atom stereocenters. The highest BCUT2D eigenvalue weighted by atomic mass is 32.2. The minimum Gasteiger partial charge on any atom is -0.459 e. The number of aryl methyl sites for hydroxylation is 1. The van der Waals surface area contributed by atoms with Gasteiger partial charge >= 0.3 is 6.09 Å². The molecule has 0 radical (unpaired) electrons. The smallest absolute Gasteiger partial charge is 0.408 e. The lowest BCUT2D eigenvalue weighted by Gasteiger charge is -2.36. The summed E-state index contributed by atoms with van der Waals surface area (Å²) in [5.74, 6) is -1.84. The maximum absolute atomic E-state index is 14.9. The second-order valence-electron chi connectivity index (χ2n) is 22.2. The fourth-order valence-electron chi connectivity index (χ4n) is 10.1. The Morgan fingerprint density at radius 2 is 1.74 bits per heavy atom. The number of nitrogens with one attached hydrogen (secondary N) is 3. The molecule has 66 heavy (non-hydrogen) atoms. The molecule has 4 heterocycles. The molecular weight excluding hydrogens is 879 g/mol. The second kappa shape index (κ2) is 18.3. The van der Waals surface area contributed by atoms with E-state index in [-0.39, 0.29) is 43.2 Å². The van der Waals surface area contributed by atoms with Gasteiger partial charge in [0, 0.05) is 22.9 Å². The van der Waals surface area contributed by atoms with Crippen LogP contribution in [0.3, 0.4) is 0 Å². The van der Waals surface area contributed by atoms with Crippen LogP contribution in [0.5, 0.6) is 6.01 Å². The lowest BCUT2D eigenvalue weighted by Crippen LogP contribution is -2.60. The highest BCUT2D eigenvalue weighted by molar-refractivity contribution is 7.91. The Bertz CT molecular complexity index is 2440. The largest absolute Gasteiger partial charge is 0.459 e. The van der Waals surface area contributed by atoms with Crippen LogP contribution in [0.2, 0.25) is 0 Å². The summed E-state index contributed by atoms with van der Waals surface area (Å²) in [5, 5.41) is 6.66. The summed E-state index contributed by atoms with van der Waals surface area (Å²) in [6.07, 6.45) is 5.42. The summed E-state index contributed by atoms with van der Waals surface area (Å²) in [4.78, 5) is 70.4. The Kier molecular flexibility index (Phi) is 13.8.